The molecule has 1 aliphatic heterocycles. The van der Waals surface area contributed by atoms with E-state index in [0.717, 1.165) is 23.3 Å². The van der Waals surface area contributed by atoms with Crippen molar-refractivity contribution in [2.45, 2.75) is 11.8 Å². The van der Waals surface area contributed by atoms with E-state index < -0.39 is 34.7 Å². The van der Waals surface area contributed by atoms with Gasteiger partial charge in [0.25, 0.3) is 17.6 Å². The van der Waals surface area contributed by atoms with Crippen molar-refractivity contribution < 1.29 is 32.4 Å². The van der Waals surface area contributed by atoms with Crippen molar-refractivity contribution in [1.29, 1.82) is 0 Å². The summed E-state index contributed by atoms with van der Waals surface area (Å²) in [6.07, 6.45) is -5.23. The lowest BCUT2D eigenvalue weighted by molar-refractivity contribution is -0.384. The predicted octanol–water partition coefficient (Wildman–Crippen LogP) is 2.33. The van der Waals surface area contributed by atoms with E-state index in [0.29, 0.717) is 4.70 Å². The van der Waals surface area contributed by atoms with Gasteiger partial charge in [0.15, 0.2) is 5.01 Å². The van der Waals surface area contributed by atoms with E-state index in [1.165, 1.54) is 32.3 Å². The van der Waals surface area contributed by atoms with E-state index in [-0.39, 0.29) is 16.2 Å². The predicted molar refractivity (Wildman–Crippen MR) is 95.8 cm³/mol. The number of aromatic nitrogens is 1. The summed E-state index contributed by atoms with van der Waals surface area (Å²) in [5.74, 6) is -2.36. The van der Waals surface area contributed by atoms with Crippen LogP contribution in [-0.4, -0.2) is 65.7 Å². The summed E-state index contributed by atoms with van der Waals surface area (Å²) in [7, 11) is 3.51. The molecule has 1 aromatic carbocycles. The molecule has 154 valence electrons. The Bertz CT molecular complexity index is 1060. The minimum Gasteiger partial charge on any atom is -0.465 e. The summed E-state index contributed by atoms with van der Waals surface area (Å²) < 4.78 is 51.4. The number of rotatable bonds is 3. The van der Waals surface area contributed by atoms with Crippen LogP contribution < -0.4 is 0 Å². The number of esters is 1. The third-order valence-corrected chi connectivity index (χ3v) is 4.73. The maximum atomic E-state index is 13.8. The maximum Gasteiger partial charge on any atom is 0.446 e. The third-order valence-electron chi connectivity index (χ3n) is 3.72. The van der Waals surface area contributed by atoms with Crippen LogP contribution in [-0.2, 0) is 14.3 Å². The number of thiazole rings is 1. The Morgan fingerprint density at radius 2 is 2.03 bits per heavy atom. The Labute approximate surface area is 164 Å². The van der Waals surface area contributed by atoms with E-state index in [9.17, 15) is 28.1 Å². The maximum absolute atomic E-state index is 13.8. The number of benzene rings is 1. The first-order valence-corrected chi connectivity index (χ1v) is 8.55. The Balaban J connectivity index is 2.20. The molecular formula is C15H12F3N5O5S. The standard InChI is InChI=1S/C15H12F3N5O5S/c1-22(2)13-21-14(12(24)27-3,15(16,17)18)20-10(28-13)11-19-8-5-4-7(23(25)26)6-9(8)29-11/h4-6H,1-3H3. The number of carbonyl (C=O) groups excluding carboxylic acids is 1. The summed E-state index contributed by atoms with van der Waals surface area (Å²) in [5.41, 5.74) is -3.50. The minimum atomic E-state index is -5.23. The fraction of sp³-hybridized carbons (Fsp3) is 0.333. The summed E-state index contributed by atoms with van der Waals surface area (Å²) >= 11 is 0.815. The average molecular weight is 431 g/mol. The minimum absolute atomic E-state index is 0.118. The zero-order valence-corrected chi connectivity index (χ0v) is 15.9. The summed E-state index contributed by atoms with van der Waals surface area (Å²) in [6.45, 7) is 0. The van der Waals surface area contributed by atoms with Gasteiger partial charge in [-0.2, -0.15) is 23.2 Å². The largest absolute Gasteiger partial charge is 0.465 e. The number of nitro groups is 1. The highest BCUT2D eigenvalue weighted by Crippen LogP contribution is 2.39. The van der Waals surface area contributed by atoms with Crippen molar-refractivity contribution in [3.05, 3.63) is 33.3 Å². The van der Waals surface area contributed by atoms with Gasteiger partial charge in [0.2, 0.25) is 0 Å². The van der Waals surface area contributed by atoms with Gasteiger partial charge in [-0.1, -0.05) is 0 Å². The Kier molecular flexibility index (Phi) is 4.90. The number of non-ortho nitro benzene ring substituents is 1. The highest BCUT2D eigenvalue weighted by Gasteiger charge is 2.65. The van der Waals surface area contributed by atoms with Gasteiger partial charge in [0, 0.05) is 26.2 Å². The molecule has 1 aromatic heterocycles. The lowest BCUT2D eigenvalue weighted by atomic mass is 10.1. The van der Waals surface area contributed by atoms with Gasteiger partial charge in [-0.25, -0.2) is 9.78 Å². The molecule has 14 heteroatoms. The van der Waals surface area contributed by atoms with Gasteiger partial charge in [-0.15, -0.1) is 11.3 Å². The van der Waals surface area contributed by atoms with Gasteiger partial charge in [0.05, 0.1) is 22.2 Å². The number of alkyl halides is 3. The molecule has 0 fully saturated rings. The van der Waals surface area contributed by atoms with Crippen molar-refractivity contribution in [3.63, 3.8) is 0 Å². The second-order valence-corrected chi connectivity index (χ2v) is 6.93. The summed E-state index contributed by atoms with van der Waals surface area (Å²) in [5, 5.41) is 10.8. The van der Waals surface area contributed by atoms with Crippen LogP contribution in [0.3, 0.4) is 0 Å². The molecule has 0 bridgehead atoms. The smallest absolute Gasteiger partial charge is 0.446 e. The molecule has 0 saturated heterocycles. The number of aliphatic imine (C=N–C) groups is 2. The first-order valence-electron chi connectivity index (χ1n) is 7.74. The normalized spacial score (nSPS) is 19.2. The van der Waals surface area contributed by atoms with Crippen molar-refractivity contribution in [2.75, 3.05) is 21.2 Å². The van der Waals surface area contributed by atoms with Crippen LogP contribution in [0.1, 0.15) is 5.01 Å². The number of amidine groups is 1. The second kappa shape index (κ2) is 6.95. The fourth-order valence-corrected chi connectivity index (χ4v) is 3.24. The van der Waals surface area contributed by atoms with Gasteiger partial charge >= 0.3 is 17.8 Å². The SMILES string of the molecule is COC(=O)C1(C(F)(F)F)N=C(c2nc3ccc([N+](=O)[O-])cc3s2)OC(N(C)C)=N1. The number of nitro benzene ring substituents is 1. The van der Waals surface area contributed by atoms with E-state index in [2.05, 4.69) is 19.7 Å². The van der Waals surface area contributed by atoms with E-state index in [1.807, 2.05) is 0 Å². The van der Waals surface area contributed by atoms with E-state index in [1.54, 1.807) is 0 Å². The molecule has 1 unspecified atom stereocenters. The lowest BCUT2D eigenvalue weighted by Crippen LogP contribution is -2.54. The van der Waals surface area contributed by atoms with Crippen molar-refractivity contribution in [3.8, 4) is 0 Å². The van der Waals surface area contributed by atoms with Gasteiger partial charge in [-0.05, 0) is 6.07 Å². The highest BCUT2D eigenvalue weighted by atomic mass is 32.1. The first-order chi connectivity index (χ1) is 13.5. The number of nitrogens with zero attached hydrogens (tertiary/aromatic N) is 5. The van der Waals surface area contributed by atoms with Gasteiger partial charge in [-0.3, -0.25) is 10.1 Å². The van der Waals surface area contributed by atoms with Crippen LogP contribution in [0, 0.1) is 10.1 Å². The van der Waals surface area contributed by atoms with E-state index in [4.69, 9.17) is 4.74 Å². The van der Waals surface area contributed by atoms with Gasteiger partial charge < -0.3 is 14.4 Å². The molecule has 2 heterocycles. The summed E-state index contributed by atoms with van der Waals surface area (Å²) in [6, 6.07) is 3.23. The fourth-order valence-electron chi connectivity index (χ4n) is 2.32. The molecule has 0 spiro atoms. The van der Waals surface area contributed by atoms with Crippen LogP contribution in [0.15, 0.2) is 28.2 Å². The van der Waals surface area contributed by atoms with E-state index >= 15 is 0 Å². The second-order valence-electron chi connectivity index (χ2n) is 5.90. The number of hydrogen-bond donors (Lipinski definition) is 0. The first kappa shape index (κ1) is 20.4. The van der Waals surface area contributed by atoms with Crippen molar-refractivity contribution in [1.82, 2.24) is 9.88 Å². The summed E-state index contributed by atoms with van der Waals surface area (Å²) in [4.78, 5) is 34.3. The molecule has 29 heavy (non-hydrogen) atoms. The quantitative estimate of drug-likeness (QED) is 0.416. The van der Waals surface area contributed by atoms with Gasteiger partial charge in [0.1, 0.15) is 0 Å². The zero-order chi connectivity index (χ0) is 21.6. The van der Waals surface area contributed by atoms with Crippen molar-refractivity contribution in [2.24, 2.45) is 9.98 Å². The van der Waals surface area contributed by atoms with Crippen LogP contribution in [0.25, 0.3) is 10.2 Å². The molecule has 2 aromatic rings. The lowest BCUT2D eigenvalue weighted by Gasteiger charge is -2.31. The zero-order valence-electron chi connectivity index (χ0n) is 15.1. The van der Waals surface area contributed by atoms with Crippen LogP contribution in [0.5, 0.6) is 0 Å². The average Bonchev–Trinajstić information content (AvgIpc) is 3.09. The number of methoxy groups -OCH3 is 1. The molecule has 10 nitrogen and oxygen atoms in total. The highest BCUT2D eigenvalue weighted by molar-refractivity contribution is 7.20. The molecular weight excluding hydrogens is 419 g/mol. The number of hydrogen-bond acceptors (Lipinski definition) is 10. The molecule has 0 radical (unpaired) electrons. The Morgan fingerprint density at radius 1 is 1.34 bits per heavy atom. The molecule has 0 N–H and O–H groups in total. The van der Waals surface area contributed by atoms with Crippen LogP contribution in [0.4, 0.5) is 18.9 Å². The van der Waals surface area contributed by atoms with Crippen LogP contribution >= 0.6 is 11.3 Å². The number of carbonyl (C=O) groups is 1. The molecule has 3 rings (SSSR count). The Morgan fingerprint density at radius 3 is 2.59 bits per heavy atom. The van der Waals surface area contributed by atoms with Crippen LogP contribution in [0.2, 0.25) is 0 Å². The third kappa shape index (κ3) is 3.46. The van der Waals surface area contributed by atoms with Crippen molar-refractivity contribution >= 4 is 45.1 Å². The number of fused-ring (bicyclic) bond motifs is 1. The Hall–Kier alpha value is -3.29. The number of halogens is 3. The topological polar surface area (TPSA) is 120 Å². The molecule has 1 atom stereocenters. The molecule has 0 amide bonds. The number of ether oxygens (including phenoxy) is 2. The molecule has 0 saturated carbocycles. The molecule has 1 aliphatic rings. The monoisotopic (exact) mass is 431 g/mol. The molecule has 0 aliphatic carbocycles.